The van der Waals surface area contributed by atoms with Crippen molar-refractivity contribution in [3.63, 3.8) is 0 Å². The number of benzene rings is 2. The first-order chi connectivity index (χ1) is 13.9. The van der Waals surface area contributed by atoms with Crippen LogP contribution in [0, 0.1) is 6.92 Å². The van der Waals surface area contributed by atoms with Gasteiger partial charge in [0.25, 0.3) is 5.91 Å². The van der Waals surface area contributed by atoms with Crippen molar-refractivity contribution in [2.45, 2.75) is 39.2 Å². The zero-order chi connectivity index (χ0) is 21.0. The van der Waals surface area contributed by atoms with Crippen LogP contribution in [0.15, 0.2) is 45.6 Å². The molecule has 0 saturated carbocycles. The maximum atomic E-state index is 12.3. The van der Waals surface area contributed by atoms with Crippen LogP contribution >= 0.6 is 0 Å². The molecule has 0 aliphatic carbocycles. The van der Waals surface area contributed by atoms with Crippen molar-refractivity contribution < 1.29 is 23.8 Å². The van der Waals surface area contributed by atoms with E-state index in [0.29, 0.717) is 35.1 Å². The second kappa shape index (κ2) is 8.77. The SMILES string of the molecule is CCCC[C@@H](NC(=O)COc1ccc2c(oc(=O)c3ccccc32)c1C)C(=O)[O-]. The number of hydrogen-bond acceptors (Lipinski definition) is 6. The van der Waals surface area contributed by atoms with Crippen molar-refractivity contribution in [1.29, 1.82) is 0 Å². The van der Waals surface area contributed by atoms with Gasteiger partial charge < -0.3 is 24.4 Å². The molecule has 1 heterocycles. The highest BCUT2D eigenvalue weighted by Crippen LogP contribution is 2.30. The van der Waals surface area contributed by atoms with Crippen LogP contribution in [0.4, 0.5) is 0 Å². The van der Waals surface area contributed by atoms with Crippen molar-refractivity contribution >= 4 is 33.6 Å². The Hall–Kier alpha value is -3.35. The molecule has 0 fully saturated rings. The maximum Gasteiger partial charge on any atom is 0.344 e. The predicted molar refractivity (Wildman–Crippen MR) is 107 cm³/mol. The molecule has 1 atom stereocenters. The molecule has 3 aromatic rings. The number of rotatable bonds is 8. The number of aliphatic carboxylic acids is 1. The highest BCUT2D eigenvalue weighted by molar-refractivity contribution is 6.05. The molecule has 0 radical (unpaired) electrons. The van der Waals surface area contributed by atoms with E-state index in [2.05, 4.69) is 5.32 Å². The number of unbranched alkanes of at least 4 members (excludes halogenated alkanes) is 1. The fraction of sp³-hybridized carbons (Fsp3) is 0.318. The number of fused-ring (bicyclic) bond motifs is 3. The van der Waals surface area contributed by atoms with E-state index in [1.807, 2.05) is 19.1 Å². The van der Waals surface area contributed by atoms with E-state index in [1.54, 1.807) is 31.2 Å². The topological polar surface area (TPSA) is 109 Å². The van der Waals surface area contributed by atoms with Gasteiger partial charge in [-0.3, -0.25) is 4.79 Å². The predicted octanol–water partition coefficient (Wildman–Crippen LogP) is 2.06. The Morgan fingerprint density at radius 3 is 2.55 bits per heavy atom. The Morgan fingerprint density at radius 1 is 1.14 bits per heavy atom. The molecular formula is C22H22NO6-. The van der Waals surface area contributed by atoms with Gasteiger partial charge in [-0.15, -0.1) is 0 Å². The molecule has 0 spiro atoms. The third-order valence-electron chi connectivity index (χ3n) is 4.81. The number of amides is 1. The summed E-state index contributed by atoms with van der Waals surface area (Å²) in [6, 6.07) is 9.59. The van der Waals surface area contributed by atoms with E-state index in [1.165, 1.54) is 0 Å². The molecule has 7 nitrogen and oxygen atoms in total. The van der Waals surface area contributed by atoms with Gasteiger partial charge in [-0.2, -0.15) is 0 Å². The summed E-state index contributed by atoms with van der Waals surface area (Å²) in [6.45, 7) is 3.31. The van der Waals surface area contributed by atoms with Crippen LogP contribution < -0.4 is 20.8 Å². The van der Waals surface area contributed by atoms with E-state index in [-0.39, 0.29) is 6.61 Å². The molecule has 0 aliphatic heterocycles. The van der Waals surface area contributed by atoms with E-state index in [9.17, 15) is 19.5 Å². The number of nitrogens with one attached hydrogen (secondary N) is 1. The lowest BCUT2D eigenvalue weighted by molar-refractivity contribution is -0.308. The van der Waals surface area contributed by atoms with Crippen LogP contribution in [-0.2, 0) is 9.59 Å². The smallest absolute Gasteiger partial charge is 0.344 e. The number of hydrogen-bond donors (Lipinski definition) is 1. The molecular weight excluding hydrogens is 374 g/mol. The Kier molecular flexibility index (Phi) is 6.16. The summed E-state index contributed by atoms with van der Waals surface area (Å²) in [6.07, 6.45) is 1.78. The van der Waals surface area contributed by atoms with E-state index in [0.717, 1.165) is 17.2 Å². The van der Waals surface area contributed by atoms with Crippen LogP contribution in [0.25, 0.3) is 21.7 Å². The summed E-state index contributed by atoms with van der Waals surface area (Å²) in [5, 5.41) is 15.6. The lowest BCUT2D eigenvalue weighted by Crippen LogP contribution is -2.49. The molecule has 0 saturated heterocycles. The normalized spacial score (nSPS) is 12.1. The summed E-state index contributed by atoms with van der Waals surface area (Å²) in [5.74, 6) is -1.50. The van der Waals surface area contributed by atoms with Gasteiger partial charge in [-0.05, 0) is 36.9 Å². The number of carbonyl (C=O) groups excluding carboxylic acids is 2. The number of carbonyl (C=O) groups is 2. The summed E-state index contributed by atoms with van der Waals surface area (Å²) in [5.41, 5.74) is 0.529. The molecule has 2 aromatic carbocycles. The molecule has 0 aliphatic rings. The van der Waals surface area contributed by atoms with Crippen LogP contribution in [0.5, 0.6) is 5.75 Å². The third kappa shape index (κ3) is 4.39. The van der Waals surface area contributed by atoms with Crippen LogP contribution in [0.2, 0.25) is 0 Å². The molecule has 0 unspecified atom stereocenters. The van der Waals surface area contributed by atoms with Crippen molar-refractivity contribution in [3.8, 4) is 5.75 Å². The second-order valence-corrected chi connectivity index (χ2v) is 6.87. The molecule has 1 aromatic heterocycles. The molecule has 29 heavy (non-hydrogen) atoms. The Morgan fingerprint density at radius 2 is 1.86 bits per heavy atom. The van der Waals surface area contributed by atoms with Gasteiger partial charge in [-0.25, -0.2) is 4.79 Å². The van der Waals surface area contributed by atoms with Crippen molar-refractivity contribution in [2.24, 2.45) is 0 Å². The van der Waals surface area contributed by atoms with E-state index >= 15 is 0 Å². The summed E-state index contributed by atoms with van der Waals surface area (Å²) < 4.78 is 11.0. The van der Waals surface area contributed by atoms with E-state index in [4.69, 9.17) is 9.15 Å². The van der Waals surface area contributed by atoms with Gasteiger partial charge >= 0.3 is 5.63 Å². The zero-order valence-electron chi connectivity index (χ0n) is 16.3. The standard InChI is InChI=1S/C22H23NO6/c1-3-4-9-17(21(25)26)23-19(24)12-28-18-11-10-15-14-7-5-6-8-16(14)22(27)29-20(15)13(18)2/h5-8,10-11,17H,3-4,9,12H2,1-2H3,(H,23,24)(H,25,26)/p-1/t17-/m1/s1. The first-order valence-corrected chi connectivity index (χ1v) is 9.50. The molecule has 1 amide bonds. The lowest BCUT2D eigenvalue weighted by atomic mass is 10.0. The summed E-state index contributed by atoms with van der Waals surface area (Å²) in [4.78, 5) is 35.5. The van der Waals surface area contributed by atoms with Gasteiger partial charge in [-0.1, -0.05) is 38.0 Å². The Labute approximate surface area is 167 Å². The minimum atomic E-state index is -1.32. The maximum absolute atomic E-state index is 12.3. The summed E-state index contributed by atoms with van der Waals surface area (Å²) in [7, 11) is 0. The van der Waals surface area contributed by atoms with Gasteiger partial charge in [0, 0.05) is 10.9 Å². The average molecular weight is 396 g/mol. The van der Waals surface area contributed by atoms with Gasteiger partial charge in [0.05, 0.1) is 17.4 Å². The molecule has 3 rings (SSSR count). The van der Waals surface area contributed by atoms with Gasteiger partial charge in [0.15, 0.2) is 6.61 Å². The fourth-order valence-corrected chi connectivity index (χ4v) is 3.25. The Bertz CT molecular complexity index is 1120. The van der Waals surface area contributed by atoms with Crippen LogP contribution in [0.1, 0.15) is 31.7 Å². The fourth-order valence-electron chi connectivity index (χ4n) is 3.25. The first-order valence-electron chi connectivity index (χ1n) is 9.50. The van der Waals surface area contributed by atoms with Gasteiger partial charge in [0.2, 0.25) is 0 Å². The minimum absolute atomic E-state index is 0.303. The largest absolute Gasteiger partial charge is 0.548 e. The average Bonchev–Trinajstić information content (AvgIpc) is 2.71. The first kappa shape index (κ1) is 20.4. The second-order valence-electron chi connectivity index (χ2n) is 6.87. The van der Waals surface area contributed by atoms with Crippen molar-refractivity contribution in [1.82, 2.24) is 5.32 Å². The number of carboxylic acid groups (broad SMARTS) is 1. The zero-order valence-corrected chi connectivity index (χ0v) is 16.3. The highest BCUT2D eigenvalue weighted by Gasteiger charge is 2.16. The number of ether oxygens (including phenoxy) is 1. The number of carboxylic acids is 1. The quantitative estimate of drug-likeness (QED) is 0.461. The molecule has 7 heteroatoms. The highest BCUT2D eigenvalue weighted by atomic mass is 16.5. The molecule has 152 valence electrons. The van der Waals surface area contributed by atoms with Crippen molar-refractivity contribution in [2.75, 3.05) is 6.61 Å². The lowest BCUT2D eigenvalue weighted by Gasteiger charge is -2.19. The molecule has 0 bridgehead atoms. The Balaban J connectivity index is 1.79. The molecule has 1 N–H and O–H groups in total. The van der Waals surface area contributed by atoms with Crippen molar-refractivity contribution in [3.05, 3.63) is 52.4 Å². The van der Waals surface area contributed by atoms with Crippen LogP contribution in [0.3, 0.4) is 0 Å². The number of aryl methyl sites for hydroxylation is 1. The third-order valence-corrected chi connectivity index (χ3v) is 4.81. The van der Waals surface area contributed by atoms with Gasteiger partial charge in [0.1, 0.15) is 11.3 Å². The van der Waals surface area contributed by atoms with E-state index < -0.39 is 23.5 Å². The summed E-state index contributed by atoms with van der Waals surface area (Å²) >= 11 is 0. The monoisotopic (exact) mass is 396 g/mol. The minimum Gasteiger partial charge on any atom is -0.548 e. The van der Waals surface area contributed by atoms with Crippen LogP contribution in [-0.4, -0.2) is 24.5 Å².